The van der Waals surface area contributed by atoms with Gasteiger partial charge in [-0.25, -0.2) is 4.79 Å². The van der Waals surface area contributed by atoms with Crippen LogP contribution in [-0.4, -0.2) is 24.0 Å². The van der Waals surface area contributed by atoms with E-state index in [9.17, 15) is 4.79 Å². The molecule has 1 aliphatic carbocycles. The Labute approximate surface area is 149 Å². The van der Waals surface area contributed by atoms with Crippen molar-refractivity contribution in [3.63, 3.8) is 0 Å². The van der Waals surface area contributed by atoms with Gasteiger partial charge >= 0.3 is 6.03 Å². The summed E-state index contributed by atoms with van der Waals surface area (Å²) in [5.41, 5.74) is 5.47. The van der Waals surface area contributed by atoms with Crippen LogP contribution in [0.15, 0.2) is 71.8 Å². The smallest absolute Gasteiger partial charge is 0.318 e. The fourth-order valence-corrected chi connectivity index (χ4v) is 3.61. The standard InChI is InChI=1S/C22H24N2O/c25-22(24-15-13-18(14-16-24)17-11-12-17)23-21(19-7-3-1-4-8-19)20-9-5-2-6-10-20/h1-10,21H,11-16H2,(H,23,25). The van der Waals surface area contributed by atoms with Crippen LogP contribution in [0.1, 0.15) is 42.9 Å². The first-order valence-corrected chi connectivity index (χ1v) is 9.16. The number of likely N-dealkylation sites (tertiary alicyclic amines) is 1. The molecule has 0 bridgehead atoms. The third kappa shape index (κ3) is 3.76. The number of hydrogen-bond donors (Lipinski definition) is 1. The van der Waals surface area contributed by atoms with Crippen molar-refractivity contribution in [2.45, 2.75) is 31.7 Å². The molecule has 4 rings (SSSR count). The number of urea groups is 1. The Morgan fingerprint density at radius 2 is 1.24 bits per heavy atom. The highest BCUT2D eigenvalue weighted by molar-refractivity contribution is 5.75. The molecule has 1 saturated carbocycles. The van der Waals surface area contributed by atoms with E-state index in [0.717, 1.165) is 37.1 Å². The Hall–Kier alpha value is -2.55. The molecule has 0 unspecified atom stereocenters. The quantitative estimate of drug-likeness (QED) is 0.814. The fraction of sp³-hybridized carbons (Fsp3) is 0.318. The molecule has 2 aliphatic rings. The second-order valence-corrected chi connectivity index (χ2v) is 6.90. The number of nitrogens with zero attached hydrogens (tertiary/aromatic N) is 1. The van der Waals surface area contributed by atoms with Gasteiger partial charge < -0.3 is 10.2 Å². The van der Waals surface area contributed by atoms with Gasteiger partial charge in [-0.05, 0) is 36.8 Å². The molecular formula is C22H24N2O. The first kappa shape index (κ1) is 15.9. The predicted octanol–water partition coefficient (Wildman–Crippen LogP) is 4.67. The van der Waals surface area contributed by atoms with E-state index >= 15 is 0 Å². The zero-order valence-corrected chi connectivity index (χ0v) is 14.4. The van der Waals surface area contributed by atoms with Crippen molar-refractivity contribution < 1.29 is 4.79 Å². The number of carbonyl (C=O) groups excluding carboxylic acids is 1. The zero-order chi connectivity index (χ0) is 17.1. The van der Waals surface area contributed by atoms with E-state index in [-0.39, 0.29) is 12.1 Å². The lowest BCUT2D eigenvalue weighted by Gasteiger charge is -2.31. The van der Waals surface area contributed by atoms with Crippen LogP contribution in [0.2, 0.25) is 0 Å². The Kier molecular flexibility index (Phi) is 4.55. The highest BCUT2D eigenvalue weighted by Gasteiger charge is 2.26. The highest BCUT2D eigenvalue weighted by atomic mass is 16.2. The molecule has 2 fully saturated rings. The van der Waals surface area contributed by atoms with Crippen LogP contribution in [0.25, 0.3) is 0 Å². The Balaban J connectivity index is 1.49. The van der Waals surface area contributed by atoms with Crippen molar-refractivity contribution in [1.82, 2.24) is 10.2 Å². The van der Waals surface area contributed by atoms with Gasteiger partial charge in [0.25, 0.3) is 0 Å². The summed E-state index contributed by atoms with van der Waals surface area (Å²) in [4.78, 5) is 14.8. The summed E-state index contributed by atoms with van der Waals surface area (Å²) in [6.45, 7) is 1.67. The summed E-state index contributed by atoms with van der Waals surface area (Å²) < 4.78 is 0. The first-order valence-electron chi connectivity index (χ1n) is 9.16. The van der Waals surface area contributed by atoms with Gasteiger partial charge in [0.2, 0.25) is 0 Å². The number of carbonyl (C=O) groups is 1. The predicted molar refractivity (Wildman–Crippen MR) is 100 cm³/mol. The number of allylic oxidation sites excluding steroid dienone is 1. The van der Waals surface area contributed by atoms with Crippen LogP contribution in [0.5, 0.6) is 0 Å². The SMILES string of the molecule is O=C(NC(c1ccccc1)c1ccccc1)N1CCC(=C2CC2)CC1. The first-order chi connectivity index (χ1) is 12.3. The molecule has 0 radical (unpaired) electrons. The van der Waals surface area contributed by atoms with Crippen molar-refractivity contribution in [3.8, 4) is 0 Å². The van der Waals surface area contributed by atoms with Crippen LogP contribution in [0, 0.1) is 0 Å². The Morgan fingerprint density at radius 1 is 0.760 bits per heavy atom. The largest absolute Gasteiger partial charge is 0.327 e. The van der Waals surface area contributed by atoms with E-state index < -0.39 is 0 Å². The molecule has 1 N–H and O–H groups in total. The summed E-state index contributed by atoms with van der Waals surface area (Å²) in [5, 5.41) is 3.25. The van der Waals surface area contributed by atoms with Crippen molar-refractivity contribution in [1.29, 1.82) is 0 Å². The van der Waals surface area contributed by atoms with Gasteiger partial charge in [-0.1, -0.05) is 71.8 Å². The monoisotopic (exact) mass is 332 g/mol. The number of benzene rings is 2. The molecule has 25 heavy (non-hydrogen) atoms. The molecule has 0 spiro atoms. The van der Waals surface area contributed by atoms with Gasteiger partial charge in [-0.15, -0.1) is 0 Å². The average Bonchev–Trinajstić information content (AvgIpc) is 3.53. The van der Waals surface area contributed by atoms with Gasteiger partial charge in [0.15, 0.2) is 0 Å². The van der Waals surface area contributed by atoms with Crippen LogP contribution in [0.3, 0.4) is 0 Å². The van der Waals surface area contributed by atoms with E-state index in [1.54, 1.807) is 11.1 Å². The second kappa shape index (κ2) is 7.14. The van der Waals surface area contributed by atoms with Gasteiger partial charge in [-0.3, -0.25) is 0 Å². The minimum atomic E-state index is -0.113. The molecule has 128 valence electrons. The lowest BCUT2D eigenvalue weighted by atomic mass is 9.98. The van der Waals surface area contributed by atoms with Crippen LogP contribution < -0.4 is 5.32 Å². The molecule has 1 saturated heterocycles. The maximum Gasteiger partial charge on any atom is 0.318 e. The fourth-order valence-electron chi connectivity index (χ4n) is 3.61. The van der Waals surface area contributed by atoms with E-state index in [0.29, 0.717) is 0 Å². The second-order valence-electron chi connectivity index (χ2n) is 6.90. The van der Waals surface area contributed by atoms with Crippen LogP contribution in [-0.2, 0) is 0 Å². The molecule has 1 heterocycles. The van der Waals surface area contributed by atoms with Gasteiger partial charge in [0.1, 0.15) is 0 Å². The molecule has 2 aromatic carbocycles. The van der Waals surface area contributed by atoms with Gasteiger partial charge in [-0.2, -0.15) is 0 Å². The number of amides is 2. The number of piperidine rings is 1. The van der Waals surface area contributed by atoms with Crippen LogP contribution >= 0.6 is 0 Å². The molecule has 0 aromatic heterocycles. The molecular weight excluding hydrogens is 308 g/mol. The maximum absolute atomic E-state index is 12.8. The van der Waals surface area contributed by atoms with Gasteiger partial charge in [0.05, 0.1) is 6.04 Å². The van der Waals surface area contributed by atoms with Crippen molar-refractivity contribution in [3.05, 3.63) is 82.9 Å². The van der Waals surface area contributed by atoms with Crippen LogP contribution in [0.4, 0.5) is 4.79 Å². The summed E-state index contributed by atoms with van der Waals surface area (Å²) in [7, 11) is 0. The highest BCUT2D eigenvalue weighted by Crippen LogP contribution is 2.36. The third-order valence-corrected chi connectivity index (χ3v) is 5.19. The maximum atomic E-state index is 12.8. The molecule has 2 aromatic rings. The van der Waals surface area contributed by atoms with Crippen molar-refractivity contribution >= 4 is 6.03 Å². The molecule has 3 heteroatoms. The number of hydrogen-bond acceptors (Lipinski definition) is 1. The van der Waals surface area contributed by atoms with E-state index in [2.05, 4.69) is 29.6 Å². The lowest BCUT2D eigenvalue weighted by molar-refractivity contribution is 0.191. The summed E-state index contributed by atoms with van der Waals surface area (Å²) in [5.74, 6) is 0. The zero-order valence-electron chi connectivity index (χ0n) is 14.4. The summed E-state index contributed by atoms with van der Waals surface area (Å²) >= 11 is 0. The molecule has 0 atom stereocenters. The minimum absolute atomic E-state index is 0.0394. The average molecular weight is 332 g/mol. The summed E-state index contributed by atoms with van der Waals surface area (Å²) in [6, 6.07) is 20.3. The van der Waals surface area contributed by atoms with E-state index in [1.165, 1.54) is 12.8 Å². The number of rotatable bonds is 3. The Bertz CT molecular complexity index is 712. The topological polar surface area (TPSA) is 32.3 Å². The normalized spacial score (nSPS) is 16.9. The van der Waals surface area contributed by atoms with Crippen molar-refractivity contribution in [2.24, 2.45) is 0 Å². The van der Waals surface area contributed by atoms with E-state index in [4.69, 9.17) is 0 Å². The summed E-state index contributed by atoms with van der Waals surface area (Å²) in [6.07, 6.45) is 4.66. The minimum Gasteiger partial charge on any atom is -0.327 e. The molecule has 2 amide bonds. The molecule has 1 aliphatic heterocycles. The lowest BCUT2D eigenvalue weighted by Crippen LogP contribution is -2.44. The number of nitrogens with one attached hydrogen (secondary N) is 1. The molecule has 3 nitrogen and oxygen atoms in total. The third-order valence-electron chi connectivity index (χ3n) is 5.19. The Morgan fingerprint density at radius 3 is 1.72 bits per heavy atom. The van der Waals surface area contributed by atoms with Gasteiger partial charge in [0, 0.05) is 13.1 Å². The van der Waals surface area contributed by atoms with Crippen molar-refractivity contribution in [2.75, 3.05) is 13.1 Å². The van der Waals surface area contributed by atoms with E-state index in [1.807, 2.05) is 41.3 Å².